The van der Waals surface area contributed by atoms with Crippen LogP contribution in [0.25, 0.3) is 17.2 Å². The van der Waals surface area contributed by atoms with Crippen molar-refractivity contribution in [3.8, 4) is 0 Å². The first-order valence-electron chi connectivity index (χ1n) is 11.4. The summed E-state index contributed by atoms with van der Waals surface area (Å²) in [5.74, 6) is 0.713. The van der Waals surface area contributed by atoms with Gasteiger partial charge in [-0.3, -0.25) is 13.9 Å². The Balaban J connectivity index is 1.58. The number of fused-ring (bicyclic) bond motifs is 3. The molecule has 0 N–H and O–H groups in total. The molecular formula is C26H27N5O2. The van der Waals surface area contributed by atoms with Crippen LogP contribution in [0.3, 0.4) is 0 Å². The molecule has 0 unspecified atom stereocenters. The minimum absolute atomic E-state index is 0.207. The number of hydrogen-bond acceptors (Lipinski definition) is 4. The van der Waals surface area contributed by atoms with Crippen LogP contribution in [-0.4, -0.2) is 25.2 Å². The van der Waals surface area contributed by atoms with Gasteiger partial charge in [0.1, 0.15) is 0 Å². The minimum Gasteiger partial charge on any atom is -0.312 e. The molecule has 5 rings (SSSR count). The number of imidazole rings is 1. The summed E-state index contributed by atoms with van der Waals surface area (Å²) in [6.45, 7) is 3.86. The Labute approximate surface area is 191 Å². The molecule has 0 fully saturated rings. The normalized spacial score (nSPS) is 13.7. The first kappa shape index (κ1) is 21.0. The van der Waals surface area contributed by atoms with Crippen LogP contribution in [0, 0.1) is 0 Å². The first-order chi connectivity index (χ1) is 16.1. The lowest BCUT2D eigenvalue weighted by atomic mass is 10.1. The molecule has 4 aromatic rings. The second-order valence-corrected chi connectivity index (χ2v) is 8.33. The second kappa shape index (κ2) is 8.58. The highest BCUT2D eigenvalue weighted by Gasteiger charge is 2.26. The van der Waals surface area contributed by atoms with E-state index in [9.17, 15) is 9.59 Å². The van der Waals surface area contributed by atoms with Gasteiger partial charge in [0.05, 0.1) is 0 Å². The zero-order valence-corrected chi connectivity index (χ0v) is 18.9. The standard InChI is InChI=1S/C26H27N5O2/c1-3-19-12-14-21(15-13-19)29-17-8-18-30-22-23(27-25(29)30)28(2)26(33)31(24(22)32)16-7-11-20-9-5-4-6-10-20/h4-7,9-15H,3,8,16-18H2,1-2H3/b11-7+. The highest BCUT2D eigenvalue weighted by atomic mass is 16.2. The largest absolute Gasteiger partial charge is 0.332 e. The maximum atomic E-state index is 13.4. The van der Waals surface area contributed by atoms with E-state index in [0.29, 0.717) is 23.7 Å². The van der Waals surface area contributed by atoms with Gasteiger partial charge < -0.3 is 9.47 Å². The van der Waals surface area contributed by atoms with Crippen molar-refractivity contribution < 1.29 is 0 Å². The molecule has 7 nitrogen and oxygen atoms in total. The fraction of sp³-hybridized carbons (Fsp3) is 0.269. The fourth-order valence-electron chi connectivity index (χ4n) is 4.44. The summed E-state index contributed by atoms with van der Waals surface area (Å²) in [5, 5.41) is 0. The number of benzene rings is 2. The lowest BCUT2D eigenvalue weighted by Crippen LogP contribution is -2.39. The molecular weight excluding hydrogens is 414 g/mol. The Morgan fingerprint density at radius 1 is 1.00 bits per heavy atom. The van der Waals surface area contributed by atoms with E-state index in [2.05, 4.69) is 36.1 Å². The van der Waals surface area contributed by atoms with Gasteiger partial charge in [0.25, 0.3) is 5.56 Å². The predicted molar refractivity (Wildman–Crippen MR) is 132 cm³/mol. The van der Waals surface area contributed by atoms with Crippen molar-refractivity contribution in [3.05, 3.63) is 92.6 Å². The van der Waals surface area contributed by atoms with Crippen LogP contribution >= 0.6 is 0 Å². The Morgan fingerprint density at radius 2 is 1.76 bits per heavy atom. The maximum absolute atomic E-state index is 13.4. The van der Waals surface area contributed by atoms with Gasteiger partial charge in [-0.1, -0.05) is 61.5 Å². The SMILES string of the molecule is CCc1ccc(N2CCCn3c2nc2c3c(=O)n(C/C=C/c3ccccc3)c(=O)n2C)cc1. The highest BCUT2D eigenvalue weighted by molar-refractivity contribution is 5.77. The summed E-state index contributed by atoms with van der Waals surface area (Å²) in [4.78, 5) is 33.3. The van der Waals surface area contributed by atoms with E-state index in [1.54, 1.807) is 7.05 Å². The number of nitrogens with zero attached hydrogens (tertiary/aromatic N) is 5. The van der Waals surface area contributed by atoms with Gasteiger partial charge in [0.2, 0.25) is 5.95 Å². The number of aromatic nitrogens is 4. The number of anilines is 2. The molecule has 0 spiro atoms. The lowest BCUT2D eigenvalue weighted by molar-refractivity contribution is 0.598. The Bertz CT molecular complexity index is 1440. The number of rotatable bonds is 5. The lowest BCUT2D eigenvalue weighted by Gasteiger charge is -2.29. The highest BCUT2D eigenvalue weighted by Crippen LogP contribution is 2.31. The summed E-state index contributed by atoms with van der Waals surface area (Å²) in [7, 11) is 1.68. The Kier molecular flexibility index (Phi) is 5.46. The van der Waals surface area contributed by atoms with Crippen molar-refractivity contribution in [2.45, 2.75) is 32.9 Å². The zero-order valence-electron chi connectivity index (χ0n) is 18.9. The van der Waals surface area contributed by atoms with E-state index < -0.39 is 0 Å². The predicted octanol–water partition coefficient (Wildman–Crippen LogP) is 3.71. The van der Waals surface area contributed by atoms with Crippen LogP contribution in [0.5, 0.6) is 0 Å². The van der Waals surface area contributed by atoms with Gasteiger partial charge in [-0.05, 0) is 36.1 Å². The van der Waals surface area contributed by atoms with Crippen LogP contribution < -0.4 is 16.1 Å². The molecule has 0 aliphatic carbocycles. The molecule has 33 heavy (non-hydrogen) atoms. The molecule has 1 aliphatic heterocycles. The van der Waals surface area contributed by atoms with Crippen molar-refractivity contribution in [2.24, 2.45) is 7.05 Å². The van der Waals surface area contributed by atoms with Gasteiger partial charge >= 0.3 is 5.69 Å². The number of aryl methyl sites for hydroxylation is 3. The Hall–Kier alpha value is -3.87. The maximum Gasteiger partial charge on any atom is 0.332 e. The van der Waals surface area contributed by atoms with Crippen molar-refractivity contribution in [1.82, 2.24) is 18.7 Å². The molecule has 0 saturated heterocycles. The summed E-state index contributed by atoms with van der Waals surface area (Å²) < 4.78 is 4.73. The molecule has 2 aromatic carbocycles. The van der Waals surface area contributed by atoms with Gasteiger partial charge in [0.15, 0.2) is 11.2 Å². The molecule has 0 atom stereocenters. The van der Waals surface area contributed by atoms with Crippen LogP contribution in [-0.2, 0) is 26.6 Å². The van der Waals surface area contributed by atoms with Crippen molar-refractivity contribution in [3.63, 3.8) is 0 Å². The zero-order chi connectivity index (χ0) is 22.9. The van der Waals surface area contributed by atoms with Crippen LogP contribution in [0.15, 0.2) is 70.3 Å². The molecule has 0 amide bonds. The summed E-state index contributed by atoms with van der Waals surface area (Å²) in [6, 6.07) is 18.3. The third-order valence-electron chi connectivity index (χ3n) is 6.27. The summed E-state index contributed by atoms with van der Waals surface area (Å²) in [6.07, 6.45) is 5.64. The van der Waals surface area contributed by atoms with E-state index >= 15 is 0 Å². The van der Waals surface area contributed by atoms with Crippen molar-refractivity contribution in [1.29, 1.82) is 0 Å². The van der Waals surface area contributed by atoms with Crippen LogP contribution in [0.2, 0.25) is 0 Å². The molecule has 0 radical (unpaired) electrons. The summed E-state index contributed by atoms with van der Waals surface area (Å²) in [5.41, 5.74) is 3.59. The molecule has 0 saturated carbocycles. The average Bonchev–Trinajstić information content (AvgIpc) is 3.26. The van der Waals surface area contributed by atoms with E-state index in [4.69, 9.17) is 4.98 Å². The molecule has 2 aromatic heterocycles. The van der Waals surface area contributed by atoms with E-state index in [-0.39, 0.29) is 17.8 Å². The Morgan fingerprint density at radius 3 is 2.48 bits per heavy atom. The smallest absolute Gasteiger partial charge is 0.312 e. The first-order valence-corrected chi connectivity index (χ1v) is 11.4. The van der Waals surface area contributed by atoms with E-state index in [1.807, 2.05) is 47.1 Å². The monoisotopic (exact) mass is 441 g/mol. The van der Waals surface area contributed by atoms with Crippen molar-refractivity contribution in [2.75, 3.05) is 11.4 Å². The van der Waals surface area contributed by atoms with Gasteiger partial charge in [0, 0.05) is 32.4 Å². The van der Waals surface area contributed by atoms with E-state index in [1.165, 1.54) is 14.7 Å². The molecule has 3 heterocycles. The minimum atomic E-state index is -0.362. The van der Waals surface area contributed by atoms with E-state index in [0.717, 1.165) is 30.6 Å². The quantitative estimate of drug-likeness (QED) is 0.474. The molecule has 168 valence electrons. The van der Waals surface area contributed by atoms with Crippen LogP contribution in [0.1, 0.15) is 24.5 Å². The van der Waals surface area contributed by atoms with Crippen molar-refractivity contribution >= 4 is 28.9 Å². The van der Waals surface area contributed by atoms with Gasteiger partial charge in [-0.25, -0.2) is 4.79 Å². The molecule has 1 aliphatic rings. The number of hydrogen-bond donors (Lipinski definition) is 0. The van der Waals surface area contributed by atoms with Gasteiger partial charge in [-0.15, -0.1) is 0 Å². The average molecular weight is 442 g/mol. The number of allylic oxidation sites excluding steroid dienone is 1. The molecule has 0 bridgehead atoms. The second-order valence-electron chi connectivity index (χ2n) is 8.33. The third kappa shape index (κ3) is 3.69. The van der Waals surface area contributed by atoms with Crippen LogP contribution in [0.4, 0.5) is 11.6 Å². The topological polar surface area (TPSA) is 65.1 Å². The third-order valence-corrected chi connectivity index (χ3v) is 6.27. The fourth-order valence-corrected chi connectivity index (χ4v) is 4.44. The molecule has 7 heteroatoms. The summed E-state index contributed by atoms with van der Waals surface area (Å²) >= 11 is 0. The van der Waals surface area contributed by atoms with Gasteiger partial charge in [-0.2, -0.15) is 4.98 Å².